The van der Waals surface area contributed by atoms with Crippen LogP contribution in [0.25, 0.3) is 22.3 Å². The number of hydrogen-bond acceptors (Lipinski definition) is 11. The highest BCUT2D eigenvalue weighted by molar-refractivity contribution is 5.72. The molecule has 378 valence electrons. The van der Waals surface area contributed by atoms with Gasteiger partial charge in [0.05, 0.1) is 38.1 Å². The number of imidazole rings is 2. The van der Waals surface area contributed by atoms with E-state index in [1.807, 2.05) is 32.0 Å². The number of hydrogen-bond donors (Lipinski definition) is 1. The first-order valence-electron chi connectivity index (χ1n) is 22.2. The Morgan fingerprint density at radius 1 is 0.562 bits per heavy atom. The average Bonchev–Trinajstić information content (AvgIpc) is 3.87. The van der Waals surface area contributed by atoms with Gasteiger partial charge < -0.3 is 23.3 Å². The molecule has 0 saturated heterocycles. The molecule has 17 nitrogen and oxygen atoms in total. The van der Waals surface area contributed by atoms with Crippen LogP contribution < -0.4 is 36.7 Å². The topological polar surface area (TPSA) is 188 Å². The van der Waals surface area contributed by atoms with Crippen LogP contribution in [0.5, 0.6) is 17.2 Å². The van der Waals surface area contributed by atoms with E-state index in [-0.39, 0.29) is 66.3 Å². The van der Waals surface area contributed by atoms with Gasteiger partial charge in [0.25, 0.3) is 11.1 Å². The molecule has 0 saturated carbocycles. The lowest BCUT2D eigenvalue weighted by atomic mass is 10.1. The van der Waals surface area contributed by atoms with E-state index >= 15 is 0 Å². The van der Waals surface area contributed by atoms with Gasteiger partial charge in [0.1, 0.15) is 28.9 Å². The average molecular weight is 1010 g/mol. The number of H-pyrrole nitrogens is 1. The highest BCUT2D eigenvalue weighted by atomic mass is 19.4. The molecule has 0 fully saturated rings. The largest absolute Gasteiger partial charge is 0.573 e. The lowest BCUT2D eigenvalue weighted by Gasteiger charge is -2.12. The van der Waals surface area contributed by atoms with Crippen molar-refractivity contribution in [2.24, 2.45) is 14.1 Å². The van der Waals surface area contributed by atoms with Crippen molar-refractivity contribution in [2.75, 3.05) is 7.11 Å². The zero-order valence-corrected chi connectivity index (χ0v) is 39.6. The van der Waals surface area contributed by atoms with Crippen molar-refractivity contribution in [1.29, 1.82) is 0 Å². The van der Waals surface area contributed by atoms with Crippen LogP contribution in [0.2, 0.25) is 0 Å². The maximum Gasteiger partial charge on any atom is 0.573 e. The number of benzene rings is 3. The van der Waals surface area contributed by atoms with Crippen LogP contribution in [-0.2, 0) is 46.6 Å². The molecule has 0 atom stereocenters. The minimum Gasteiger partial charge on any atom is -0.497 e. The summed E-state index contributed by atoms with van der Waals surface area (Å²) in [6.45, 7) is 4.16. The van der Waals surface area contributed by atoms with E-state index in [9.17, 15) is 45.5 Å². The summed E-state index contributed by atoms with van der Waals surface area (Å²) >= 11 is 0. The molecular weight excluding hydrogens is 967 g/mol. The Labute approximate surface area is 409 Å². The molecule has 73 heavy (non-hydrogen) atoms. The van der Waals surface area contributed by atoms with E-state index in [1.54, 1.807) is 71.1 Å². The number of methoxy groups -OCH3 is 1. The zero-order valence-electron chi connectivity index (χ0n) is 39.6. The van der Waals surface area contributed by atoms with Crippen LogP contribution in [0.15, 0.2) is 129 Å². The summed E-state index contributed by atoms with van der Waals surface area (Å²) in [5.41, 5.74) is 3.26. The van der Waals surface area contributed by atoms with E-state index in [2.05, 4.69) is 34.4 Å². The van der Waals surface area contributed by atoms with Crippen LogP contribution in [0.3, 0.4) is 0 Å². The van der Waals surface area contributed by atoms with E-state index in [1.165, 1.54) is 59.6 Å². The highest BCUT2D eigenvalue weighted by Crippen LogP contribution is 2.27. The molecule has 3 aromatic carbocycles. The molecule has 23 heteroatoms. The number of alkyl halides is 6. The number of halogens is 6. The van der Waals surface area contributed by atoms with Crippen LogP contribution in [-0.4, -0.2) is 67.6 Å². The summed E-state index contributed by atoms with van der Waals surface area (Å²) in [7, 11) is 4.55. The number of rotatable bonds is 13. The van der Waals surface area contributed by atoms with Crippen molar-refractivity contribution in [2.45, 2.75) is 59.0 Å². The third kappa shape index (κ3) is 11.9. The van der Waals surface area contributed by atoms with Crippen molar-refractivity contribution in [3.8, 4) is 17.2 Å². The summed E-state index contributed by atoms with van der Waals surface area (Å²) in [6.07, 6.45) is -6.09. The van der Waals surface area contributed by atoms with Gasteiger partial charge in [0, 0.05) is 39.3 Å². The molecule has 0 radical (unpaired) electrons. The minimum absolute atomic E-state index is 0.0194. The van der Waals surface area contributed by atoms with Crippen molar-refractivity contribution in [1.82, 2.24) is 47.8 Å². The number of aromatic amines is 1. The van der Waals surface area contributed by atoms with Gasteiger partial charge in [-0.15, -0.1) is 26.3 Å². The summed E-state index contributed by atoms with van der Waals surface area (Å²) in [5.74, 6) is 0.678. The monoisotopic (exact) mass is 1010 g/mol. The number of nitrogens with zero attached hydrogens (tertiary/aromatic N) is 9. The Balaban J connectivity index is 0.000000201. The molecule has 9 rings (SSSR count). The van der Waals surface area contributed by atoms with Gasteiger partial charge in [-0.2, -0.15) is 0 Å². The summed E-state index contributed by atoms with van der Waals surface area (Å²) < 4.78 is 96.4. The second-order valence-corrected chi connectivity index (χ2v) is 16.9. The Bertz CT molecular complexity index is 3710. The Hall–Kier alpha value is -8.76. The molecule has 0 aliphatic heterocycles. The first kappa shape index (κ1) is 50.6. The first-order chi connectivity index (χ1) is 34.6. The third-order valence-electron chi connectivity index (χ3n) is 11.5. The quantitative estimate of drug-likeness (QED) is 0.119. The second kappa shape index (κ2) is 20.5. The molecule has 0 bridgehead atoms. The Kier molecular flexibility index (Phi) is 14.2. The van der Waals surface area contributed by atoms with E-state index in [0.717, 1.165) is 21.3 Å². The predicted octanol–water partition coefficient (Wildman–Crippen LogP) is 6.86. The van der Waals surface area contributed by atoms with E-state index < -0.39 is 35.2 Å². The van der Waals surface area contributed by atoms with Crippen LogP contribution in [0.4, 0.5) is 26.3 Å². The fourth-order valence-electron chi connectivity index (χ4n) is 7.94. The zero-order chi connectivity index (χ0) is 52.4. The molecule has 1 N–H and O–H groups in total. The van der Waals surface area contributed by atoms with E-state index in [4.69, 9.17) is 4.74 Å². The Morgan fingerprint density at radius 2 is 1.05 bits per heavy atom. The van der Waals surface area contributed by atoms with Gasteiger partial charge in [-0.25, -0.2) is 19.6 Å². The maximum atomic E-state index is 13.9. The standard InChI is InChI=1S/C29H26F3N5O4.C21H18F3N5O3/c1-18-7-10-21(33-15-18)17-36-24(14-20-5-4-6-23(13-20)41-29(30,31)32)34-26-25(36)27(38)37(28(39)35(26)2)16-19-8-11-22(40-3)12-9-19;1-12-6-7-14(25-10-12)11-29-16(26-18-17(29)19(30)27-20(31)28(18)2)9-13-4-3-5-15(8-13)32-21(22,23)24/h4-13,15H,14,16-17H2,1-3H3;3-8,10H,9,11H2,1-2H3,(H,27,30,31). The molecule has 0 spiro atoms. The minimum atomic E-state index is -4.84. The molecule has 0 amide bonds. The third-order valence-corrected chi connectivity index (χ3v) is 11.5. The Morgan fingerprint density at radius 3 is 1.52 bits per heavy atom. The van der Waals surface area contributed by atoms with Gasteiger partial charge >= 0.3 is 24.1 Å². The van der Waals surface area contributed by atoms with Gasteiger partial charge in [-0.1, -0.05) is 48.5 Å². The molecule has 6 aromatic heterocycles. The number of ether oxygens (including phenoxy) is 3. The lowest BCUT2D eigenvalue weighted by molar-refractivity contribution is -0.275. The first-order valence-corrected chi connectivity index (χ1v) is 22.2. The number of aryl methyl sites for hydroxylation is 4. The molecule has 6 heterocycles. The van der Waals surface area contributed by atoms with Crippen molar-refractivity contribution in [3.63, 3.8) is 0 Å². The number of nitrogens with one attached hydrogen (secondary N) is 1. The van der Waals surface area contributed by atoms with Crippen LogP contribution in [0, 0.1) is 13.8 Å². The highest BCUT2D eigenvalue weighted by Gasteiger charge is 2.32. The number of fused-ring (bicyclic) bond motifs is 2. The van der Waals surface area contributed by atoms with Crippen LogP contribution in [0.1, 0.15) is 50.9 Å². The lowest BCUT2D eigenvalue weighted by Crippen LogP contribution is -2.40. The smallest absolute Gasteiger partial charge is 0.497 e. The molecular formula is C50H44F6N10O7. The van der Waals surface area contributed by atoms with Crippen molar-refractivity contribution in [3.05, 3.63) is 202 Å². The molecule has 0 aliphatic rings. The second-order valence-electron chi connectivity index (χ2n) is 16.9. The fourth-order valence-corrected chi connectivity index (χ4v) is 7.94. The fraction of sp³-hybridized carbons (Fsp3) is 0.240. The van der Waals surface area contributed by atoms with Gasteiger partial charge in [-0.05, 0) is 90.2 Å². The maximum absolute atomic E-state index is 13.9. The van der Waals surface area contributed by atoms with Gasteiger partial charge in [-0.3, -0.25) is 38.2 Å². The summed E-state index contributed by atoms with van der Waals surface area (Å²) in [6, 6.07) is 25.5. The normalized spacial score (nSPS) is 11.7. The molecule has 0 unspecified atom stereocenters. The number of aromatic nitrogens is 10. The molecule has 0 aliphatic carbocycles. The number of pyridine rings is 2. The van der Waals surface area contributed by atoms with Crippen molar-refractivity contribution < 1.29 is 40.6 Å². The van der Waals surface area contributed by atoms with Gasteiger partial charge in [0.2, 0.25) is 0 Å². The SMILES string of the molecule is COc1ccc(Cn2c(=O)c3c(nc(Cc4cccc(OC(F)(F)F)c4)n3Cc3ccc(C)cn3)n(C)c2=O)cc1.Cc1ccc(Cn2c(Cc3cccc(OC(F)(F)F)c3)nc3c2c(=O)[nH]c(=O)n3C)nc1. The molecule has 9 aromatic rings. The van der Waals surface area contributed by atoms with Crippen LogP contribution >= 0.6 is 0 Å². The predicted molar refractivity (Wildman–Crippen MR) is 255 cm³/mol. The van der Waals surface area contributed by atoms with Crippen molar-refractivity contribution >= 4 is 22.3 Å². The van der Waals surface area contributed by atoms with E-state index in [0.29, 0.717) is 39.9 Å². The summed E-state index contributed by atoms with van der Waals surface area (Å²) in [5, 5.41) is 0. The summed E-state index contributed by atoms with van der Waals surface area (Å²) in [4.78, 5) is 71.9. The van der Waals surface area contributed by atoms with Gasteiger partial charge in [0.15, 0.2) is 22.3 Å².